The predicted octanol–water partition coefficient (Wildman–Crippen LogP) is 3.40. The molecule has 0 unspecified atom stereocenters. The topological polar surface area (TPSA) is 41.6 Å². The van der Waals surface area contributed by atoms with Crippen LogP contribution in [0, 0.1) is 12.8 Å². The van der Waals surface area contributed by atoms with Crippen LogP contribution in [0.2, 0.25) is 0 Å². The third-order valence-corrected chi connectivity index (χ3v) is 4.93. The van der Waals surface area contributed by atoms with E-state index in [1.807, 2.05) is 31.2 Å². The molecule has 2 aromatic carbocycles. The summed E-state index contributed by atoms with van der Waals surface area (Å²) in [7, 11) is 0. The molecule has 1 N–H and O–H groups in total. The minimum atomic E-state index is -0.0442. The molecule has 0 aromatic heterocycles. The maximum Gasteiger partial charge on any atom is 0.257 e. The van der Waals surface area contributed by atoms with Gasteiger partial charge in [-0.15, -0.1) is 0 Å². The van der Waals surface area contributed by atoms with Crippen LogP contribution in [0.25, 0.3) is 0 Å². The summed E-state index contributed by atoms with van der Waals surface area (Å²) >= 11 is 0. The van der Waals surface area contributed by atoms with Crippen molar-refractivity contribution < 1.29 is 9.53 Å². The van der Waals surface area contributed by atoms with Crippen LogP contribution < -0.4 is 10.1 Å². The summed E-state index contributed by atoms with van der Waals surface area (Å²) in [4.78, 5) is 14.5. The summed E-state index contributed by atoms with van der Waals surface area (Å²) in [6, 6.07) is 18.4. The van der Waals surface area contributed by atoms with E-state index in [4.69, 9.17) is 4.74 Å². The van der Waals surface area contributed by atoms with E-state index < -0.39 is 0 Å². The van der Waals surface area contributed by atoms with Crippen molar-refractivity contribution in [1.82, 2.24) is 10.2 Å². The molecule has 0 spiro atoms. The lowest BCUT2D eigenvalue weighted by molar-refractivity contribution is -0.123. The van der Waals surface area contributed by atoms with E-state index >= 15 is 0 Å². The van der Waals surface area contributed by atoms with Crippen LogP contribution >= 0.6 is 0 Å². The number of carbonyl (C=O) groups is 1. The van der Waals surface area contributed by atoms with Gasteiger partial charge in [0.1, 0.15) is 5.75 Å². The van der Waals surface area contributed by atoms with Gasteiger partial charge in [0.05, 0.1) is 0 Å². The minimum Gasteiger partial charge on any atom is -0.484 e. The third-order valence-electron chi connectivity index (χ3n) is 4.93. The minimum absolute atomic E-state index is 0.0442. The molecule has 0 bridgehead atoms. The fourth-order valence-corrected chi connectivity index (χ4v) is 3.28. The maximum atomic E-state index is 12.0. The van der Waals surface area contributed by atoms with Crippen LogP contribution in [0.4, 0.5) is 0 Å². The number of benzene rings is 2. The number of nitrogens with one attached hydrogen (secondary N) is 1. The molecule has 1 aliphatic rings. The van der Waals surface area contributed by atoms with E-state index in [-0.39, 0.29) is 12.5 Å². The van der Waals surface area contributed by atoms with Crippen LogP contribution in [0.5, 0.6) is 5.75 Å². The Balaban J connectivity index is 1.32. The highest BCUT2D eigenvalue weighted by molar-refractivity contribution is 5.77. The Bertz CT molecular complexity index is 677. The van der Waals surface area contributed by atoms with Crippen molar-refractivity contribution in [1.29, 1.82) is 0 Å². The number of hydrogen-bond acceptors (Lipinski definition) is 3. The summed E-state index contributed by atoms with van der Waals surface area (Å²) in [5.74, 6) is 1.25. The van der Waals surface area contributed by atoms with Gasteiger partial charge in [-0.05, 0) is 56.5 Å². The normalized spacial score (nSPS) is 15.6. The summed E-state index contributed by atoms with van der Waals surface area (Å²) in [5, 5.41) is 3.02. The molecule has 1 fully saturated rings. The Kier molecular flexibility index (Phi) is 6.67. The summed E-state index contributed by atoms with van der Waals surface area (Å²) < 4.78 is 5.53. The van der Waals surface area contributed by atoms with Gasteiger partial charge < -0.3 is 10.1 Å². The molecule has 1 amide bonds. The molecule has 1 aliphatic heterocycles. The molecule has 138 valence electrons. The first-order valence-corrected chi connectivity index (χ1v) is 9.41. The van der Waals surface area contributed by atoms with Crippen LogP contribution in [0.3, 0.4) is 0 Å². The monoisotopic (exact) mass is 352 g/mol. The smallest absolute Gasteiger partial charge is 0.257 e. The zero-order chi connectivity index (χ0) is 18.2. The molecule has 3 rings (SSSR count). The van der Waals surface area contributed by atoms with Gasteiger partial charge in [0, 0.05) is 13.1 Å². The van der Waals surface area contributed by atoms with Crippen molar-refractivity contribution in [3.8, 4) is 5.75 Å². The first-order chi connectivity index (χ1) is 12.7. The van der Waals surface area contributed by atoms with Crippen molar-refractivity contribution in [3.05, 3.63) is 65.7 Å². The van der Waals surface area contributed by atoms with E-state index in [0.717, 1.165) is 44.8 Å². The first-order valence-electron chi connectivity index (χ1n) is 9.41. The third kappa shape index (κ3) is 5.88. The van der Waals surface area contributed by atoms with E-state index in [0.29, 0.717) is 5.92 Å². The number of nitrogens with zero attached hydrogens (tertiary/aromatic N) is 1. The van der Waals surface area contributed by atoms with E-state index in [2.05, 4.69) is 40.5 Å². The highest BCUT2D eigenvalue weighted by atomic mass is 16.5. The van der Waals surface area contributed by atoms with Gasteiger partial charge in [0.2, 0.25) is 0 Å². The van der Waals surface area contributed by atoms with E-state index in [9.17, 15) is 4.79 Å². The highest BCUT2D eigenvalue weighted by Gasteiger charge is 2.19. The zero-order valence-corrected chi connectivity index (χ0v) is 15.5. The fraction of sp³-hybridized carbons (Fsp3) is 0.409. The van der Waals surface area contributed by atoms with E-state index in [1.165, 1.54) is 11.1 Å². The Morgan fingerprint density at radius 1 is 1.08 bits per heavy atom. The molecule has 4 heteroatoms. The second-order valence-electron chi connectivity index (χ2n) is 7.11. The summed E-state index contributed by atoms with van der Waals surface area (Å²) in [6.45, 7) is 6.06. The lowest BCUT2D eigenvalue weighted by atomic mass is 9.96. The van der Waals surface area contributed by atoms with Crippen molar-refractivity contribution >= 4 is 5.91 Å². The molecule has 0 radical (unpaired) electrons. The molecular formula is C22H28N2O2. The molecule has 4 nitrogen and oxygen atoms in total. The highest BCUT2D eigenvalue weighted by Crippen LogP contribution is 2.18. The zero-order valence-electron chi connectivity index (χ0n) is 15.5. The number of aryl methyl sites for hydroxylation is 1. The number of piperidine rings is 1. The van der Waals surface area contributed by atoms with Gasteiger partial charge in [0.25, 0.3) is 5.91 Å². The molecule has 1 saturated heterocycles. The van der Waals surface area contributed by atoms with Crippen molar-refractivity contribution in [2.24, 2.45) is 5.92 Å². The van der Waals surface area contributed by atoms with Crippen LogP contribution in [0.1, 0.15) is 24.0 Å². The Morgan fingerprint density at radius 2 is 1.77 bits per heavy atom. The Morgan fingerprint density at radius 3 is 2.46 bits per heavy atom. The molecule has 2 aromatic rings. The van der Waals surface area contributed by atoms with E-state index in [1.54, 1.807) is 0 Å². The van der Waals surface area contributed by atoms with Crippen LogP contribution in [0.15, 0.2) is 54.6 Å². The molecular weight excluding hydrogens is 324 g/mol. The van der Waals surface area contributed by atoms with Gasteiger partial charge in [-0.25, -0.2) is 0 Å². The second kappa shape index (κ2) is 9.39. The standard InChI is InChI=1S/C22H28N2O2/c1-18-7-9-21(10-8-18)26-17-22(25)23-15-19-11-13-24(14-12-19)16-20-5-3-2-4-6-20/h2-10,19H,11-17H2,1H3,(H,23,25). The lowest BCUT2D eigenvalue weighted by Gasteiger charge is -2.32. The molecule has 0 aliphatic carbocycles. The molecule has 1 heterocycles. The Hall–Kier alpha value is -2.33. The van der Waals surface area contributed by atoms with Gasteiger partial charge in [-0.1, -0.05) is 48.0 Å². The first kappa shape index (κ1) is 18.5. The van der Waals surface area contributed by atoms with Crippen LogP contribution in [-0.4, -0.2) is 37.0 Å². The van der Waals surface area contributed by atoms with Crippen molar-refractivity contribution in [2.75, 3.05) is 26.2 Å². The maximum absolute atomic E-state index is 12.0. The largest absolute Gasteiger partial charge is 0.484 e. The second-order valence-corrected chi connectivity index (χ2v) is 7.11. The molecule has 0 saturated carbocycles. The van der Waals surface area contributed by atoms with Gasteiger partial charge in [-0.2, -0.15) is 0 Å². The SMILES string of the molecule is Cc1ccc(OCC(=O)NCC2CCN(Cc3ccccc3)CC2)cc1. The lowest BCUT2D eigenvalue weighted by Crippen LogP contribution is -2.39. The number of hydrogen-bond donors (Lipinski definition) is 1. The van der Waals surface area contributed by atoms with Gasteiger partial charge >= 0.3 is 0 Å². The van der Waals surface area contributed by atoms with Gasteiger partial charge in [-0.3, -0.25) is 9.69 Å². The Labute approximate surface area is 156 Å². The number of rotatable bonds is 7. The fourth-order valence-electron chi connectivity index (χ4n) is 3.28. The summed E-state index contributed by atoms with van der Waals surface area (Å²) in [6.07, 6.45) is 2.26. The average molecular weight is 352 g/mol. The number of likely N-dealkylation sites (tertiary alicyclic amines) is 1. The van der Waals surface area contributed by atoms with Gasteiger partial charge in [0.15, 0.2) is 6.61 Å². The van der Waals surface area contributed by atoms with Crippen molar-refractivity contribution in [2.45, 2.75) is 26.3 Å². The quantitative estimate of drug-likeness (QED) is 0.830. The predicted molar refractivity (Wildman–Crippen MR) is 104 cm³/mol. The van der Waals surface area contributed by atoms with Crippen molar-refractivity contribution in [3.63, 3.8) is 0 Å². The number of amides is 1. The number of carbonyl (C=O) groups excluding carboxylic acids is 1. The molecule has 0 atom stereocenters. The average Bonchev–Trinajstić information content (AvgIpc) is 2.68. The number of ether oxygens (including phenoxy) is 1. The summed E-state index contributed by atoms with van der Waals surface area (Å²) in [5.41, 5.74) is 2.55. The van der Waals surface area contributed by atoms with Crippen LogP contribution in [-0.2, 0) is 11.3 Å². The molecule has 26 heavy (non-hydrogen) atoms.